The highest BCUT2D eigenvalue weighted by molar-refractivity contribution is 7.89. The van der Waals surface area contributed by atoms with Gasteiger partial charge < -0.3 is 5.73 Å². The molecule has 3 N–H and O–H groups in total. The summed E-state index contributed by atoms with van der Waals surface area (Å²) in [5.74, 6) is 0. The van der Waals surface area contributed by atoms with E-state index in [4.69, 9.17) is 5.73 Å². The smallest absolute Gasteiger partial charge is 0.240 e. The average Bonchev–Trinajstić information content (AvgIpc) is 2.93. The summed E-state index contributed by atoms with van der Waals surface area (Å²) in [6.45, 7) is 6.37. The van der Waals surface area contributed by atoms with Gasteiger partial charge in [-0.3, -0.25) is 4.90 Å². The van der Waals surface area contributed by atoms with E-state index in [9.17, 15) is 8.42 Å². The molecule has 0 saturated carbocycles. The van der Waals surface area contributed by atoms with Gasteiger partial charge in [0.2, 0.25) is 10.0 Å². The summed E-state index contributed by atoms with van der Waals surface area (Å²) in [5.41, 5.74) is 6.85. The minimum atomic E-state index is -3.49. The fourth-order valence-electron chi connectivity index (χ4n) is 2.53. The number of aryl methyl sites for hydroxylation is 1. The van der Waals surface area contributed by atoms with E-state index in [0.29, 0.717) is 17.8 Å². The van der Waals surface area contributed by atoms with Crippen molar-refractivity contribution in [2.75, 3.05) is 25.4 Å². The maximum atomic E-state index is 12.3. The minimum Gasteiger partial charge on any atom is -0.399 e. The Bertz CT molecular complexity index is 566. The number of nitrogens with one attached hydrogen (secondary N) is 1. The molecule has 0 radical (unpaired) electrons. The van der Waals surface area contributed by atoms with Gasteiger partial charge in [-0.05, 0) is 57.5 Å². The molecule has 112 valence electrons. The first-order chi connectivity index (χ1) is 9.40. The first kappa shape index (κ1) is 15.3. The molecule has 0 spiro atoms. The molecule has 1 aliphatic heterocycles. The number of benzene rings is 1. The third kappa shape index (κ3) is 3.50. The number of nitrogens with two attached hydrogens (primary N) is 1. The molecule has 20 heavy (non-hydrogen) atoms. The number of rotatable bonds is 5. The van der Waals surface area contributed by atoms with E-state index in [2.05, 4.69) is 16.5 Å². The highest BCUT2D eigenvalue weighted by Gasteiger charge is 2.22. The van der Waals surface area contributed by atoms with E-state index in [1.807, 2.05) is 0 Å². The number of sulfonamides is 1. The molecule has 1 aromatic carbocycles. The molecule has 1 atom stereocenters. The summed E-state index contributed by atoms with van der Waals surface area (Å²) in [6, 6.07) is 5.17. The zero-order valence-electron chi connectivity index (χ0n) is 12.1. The van der Waals surface area contributed by atoms with Gasteiger partial charge in [-0.2, -0.15) is 0 Å². The lowest BCUT2D eigenvalue weighted by Crippen LogP contribution is -2.40. The quantitative estimate of drug-likeness (QED) is 0.804. The van der Waals surface area contributed by atoms with E-state index in [-0.39, 0.29) is 10.9 Å². The van der Waals surface area contributed by atoms with Crippen LogP contribution in [0.25, 0.3) is 0 Å². The molecule has 1 heterocycles. The van der Waals surface area contributed by atoms with Crippen molar-refractivity contribution in [2.45, 2.75) is 37.6 Å². The molecule has 0 bridgehead atoms. The van der Waals surface area contributed by atoms with Gasteiger partial charge in [0.15, 0.2) is 0 Å². The van der Waals surface area contributed by atoms with Crippen LogP contribution in [-0.4, -0.2) is 39.0 Å². The topological polar surface area (TPSA) is 75.4 Å². The Kier molecular flexibility index (Phi) is 4.67. The maximum absolute atomic E-state index is 12.3. The van der Waals surface area contributed by atoms with Crippen LogP contribution in [-0.2, 0) is 10.0 Å². The van der Waals surface area contributed by atoms with Gasteiger partial charge in [0, 0.05) is 18.3 Å². The van der Waals surface area contributed by atoms with E-state index in [0.717, 1.165) is 13.1 Å². The Morgan fingerprint density at radius 2 is 2.00 bits per heavy atom. The minimum absolute atomic E-state index is 0.216. The molecule has 0 amide bonds. The second-order valence-electron chi connectivity index (χ2n) is 5.47. The van der Waals surface area contributed by atoms with Gasteiger partial charge in [-0.15, -0.1) is 0 Å². The zero-order valence-corrected chi connectivity index (χ0v) is 12.9. The molecule has 1 fully saturated rings. The fourth-order valence-corrected chi connectivity index (χ4v) is 3.92. The molecule has 1 aromatic rings. The van der Waals surface area contributed by atoms with Crippen molar-refractivity contribution in [1.82, 2.24) is 9.62 Å². The van der Waals surface area contributed by atoms with Crippen LogP contribution in [0.4, 0.5) is 5.69 Å². The second kappa shape index (κ2) is 6.11. The molecule has 0 aliphatic carbocycles. The molecule has 6 heteroatoms. The summed E-state index contributed by atoms with van der Waals surface area (Å²) >= 11 is 0. The van der Waals surface area contributed by atoms with Crippen molar-refractivity contribution in [3.8, 4) is 0 Å². The van der Waals surface area contributed by atoms with Crippen LogP contribution < -0.4 is 10.5 Å². The van der Waals surface area contributed by atoms with Gasteiger partial charge in [-0.25, -0.2) is 13.1 Å². The summed E-state index contributed by atoms with van der Waals surface area (Å²) in [7, 11) is -3.49. The molecule has 2 rings (SSSR count). The lowest BCUT2D eigenvalue weighted by atomic mass is 10.2. The monoisotopic (exact) mass is 297 g/mol. The van der Waals surface area contributed by atoms with Gasteiger partial charge in [0.1, 0.15) is 0 Å². The Morgan fingerprint density at radius 3 is 2.65 bits per heavy atom. The van der Waals surface area contributed by atoms with E-state index < -0.39 is 10.0 Å². The number of nitrogens with zero attached hydrogens (tertiary/aromatic N) is 1. The molecule has 5 nitrogen and oxygen atoms in total. The van der Waals surface area contributed by atoms with Crippen LogP contribution in [0.3, 0.4) is 0 Å². The largest absolute Gasteiger partial charge is 0.399 e. The first-order valence-electron chi connectivity index (χ1n) is 7.00. The Balaban J connectivity index is 2.05. The van der Waals surface area contributed by atoms with Crippen molar-refractivity contribution in [3.63, 3.8) is 0 Å². The number of hydrogen-bond donors (Lipinski definition) is 2. The standard InChI is InChI=1S/C14H23N3O2S/c1-11-5-6-13(15)9-14(11)20(18,19)16-10-12(2)17-7-3-4-8-17/h5-6,9,12,16H,3-4,7-8,10,15H2,1-2H3. The number of anilines is 1. The third-order valence-corrected chi connectivity index (χ3v) is 5.40. The zero-order chi connectivity index (χ0) is 14.8. The van der Waals surface area contributed by atoms with Crippen molar-refractivity contribution < 1.29 is 8.42 Å². The highest BCUT2D eigenvalue weighted by atomic mass is 32.2. The van der Waals surface area contributed by atoms with Crippen LogP contribution in [0.2, 0.25) is 0 Å². The number of hydrogen-bond acceptors (Lipinski definition) is 4. The number of likely N-dealkylation sites (tertiary alicyclic amines) is 1. The summed E-state index contributed by atoms with van der Waals surface area (Å²) < 4.78 is 27.4. The van der Waals surface area contributed by atoms with Gasteiger partial charge >= 0.3 is 0 Å². The van der Waals surface area contributed by atoms with E-state index in [1.54, 1.807) is 19.1 Å². The van der Waals surface area contributed by atoms with E-state index in [1.165, 1.54) is 18.9 Å². The molecular formula is C14H23N3O2S. The Morgan fingerprint density at radius 1 is 1.35 bits per heavy atom. The SMILES string of the molecule is Cc1ccc(N)cc1S(=O)(=O)NCC(C)N1CCCC1. The third-order valence-electron chi connectivity index (χ3n) is 3.83. The summed E-state index contributed by atoms with van der Waals surface area (Å²) in [5, 5.41) is 0. The lowest BCUT2D eigenvalue weighted by molar-refractivity contribution is 0.260. The van der Waals surface area contributed by atoms with Crippen LogP contribution in [0.5, 0.6) is 0 Å². The maximum Gasteiger partial charge on any atom is 0.240 e. The summed E-state index contributed by atoms with van der Waals surface area (Å²) in [4.78, 5) is 2.58. The first-order valence-corrected chi connectivity index (χ1v) is 8.48. The van der Waals surface area contributed by atoms with Crippen LogP contribution in [0, 0.1) is 6.92 Å². The predicted octanol–water partition coefficient (Wildman–Crippen LogP) is 1.34. The molecule has 1 unspecified atom stereocenters. The van der Waals surface area contributed by atoms with Crippen molar-refractivity contribution >= 4 is 15.7 Å². The van der Waals surface area contributed by atoms with Gasteiger partial charge in [0.05, 0.1) is 4.90 Å². The molecule has 0 aromatic heterocycles. The lowest BCUT2D eigenvalue weighted by Gasteiger charge is -2.24. The highest BCUT2D eigenvalue weighted by Crippen LogP contribution is 2.18. The number of nitrogen functional groups attached to an aromatic ring is 1. The van der Waals surface area contributed by atoms with E-state index >= 15 is 0 Å². The Hall–Kier alpha value is -1.11. The Labute approximate surface area is 121 Å². The van der Waals surface area contributed by atoms with Crippen LogP contribution in [0.1, 0.15) is 25.3 Å². The average molecular weight is 297 g/mol. The molecular weight excluding hydrogens is 274 g/mol. The van der Waals surface area contributed by atoms with Gasteiger partial charge in [-0.1, -0.05) is 6.07 Å². The second-order valence-corrected chi connectivity index (χ2v) is 7.20. The predicted molar refractivity (Wildman–Crippen MR) is 81.0 cm³/mol. The van der Waals surface area contributed by atoms with Crippen molar-refractivity contribution in [3.05, 3.63) is 23.8 Å². The van der Waals surface area contributed by atoms with Gasteiger partial charge in [0.25, 0.3) is 0 Å². The molecule has 1 aliphatic rings. The van der Waals surface area contributed by atoms with Crippen LogP contribution in [0.15, 0.2) is 23.1 Å². The van der Waals surface area contributed by atoms with Crippen LogP contribution >= 0.6 is 0 Å². The molecule has 1 saturated heterocycles. The normalized spacial score (nSPS) is 18.3. The van der Waals surface area contributed by atoms with Crippen molar-refractivity contribution in [2.24, 2.45) is 0 Å². The summed E-state index contributed by atoms with van der Waals surface area (Å²) in [6.07, 6.45) is 2.40. The fraction of sp³-hybridized carbons (Fsp3) is 0.571. The van der Waals surface area contributed by atoms with Crippen molar-refractivity contribution in [1.29, 1.82) is 0 Å².